The number of thiazole rings is 1. The molecule has 2 rings (SSSR count). The van der Waals surface area contributed by atoms with Crippen molar-refractivity contribution in [2.24, 2.45) is 5.92 Å². The zero-order chi connectivity index (χ0) is 12.3. The molecule has 0 amide bonds. The van der Waals surface area contributed by atoms with Crippen molar-refractivity contribution in [1.29, 1.82) is 0 Å². The first kappa shape index (κ1) is 12.4. The lowest BCUT2D eigenvalue weighted by atomic mass is 10.0. The summed E-state index contributed by atoms with van der Waals surface area (Å²) in [6, 6.07) is 0.452. The minimum Gasteiger partial charge on any atom is -0.477 e. The van der Waals surface area contributed by atoms with Crippen LogP contribution in [0.3, 0.4) is 0 Å². The van der Waals surface area contributed by atoms with Crippen molar-refractivity contribution < 1.29 is 9.90 Å². The number of rotatable bonds is 3. The van der Waals surface area contributed by atoms with Gasteiger partial charge in [0.15, 0.2) is 5.13 Å². The SMILES string of the molecule is CC1CCCC(Nc2ncc(C(=O)O)s2)CC1. The smallest absolute Gasteiger partial charge is 0.347 e. The Morgan fingerprint density at radius 2 is 2.29 bits per heavy atom. The van der Waals surface area contributed by atoms with Crippen molar-refractivity contribution in [2.45, 2.75) is 45.1 Å². The first-order chi connectivity index (χ1) is 8.15. The lowest BCUT2D eigenvalue weighted by Gasteiger charge is -2.15. The number of nitrogens with zero attached hydrogens (tertiary/aromatic N) is 1. The van der Waals surface area contributed by atoms with Gasteiger partial charge in [0.1, 0.15) is 4.88 Å². The van der Waals surface area contributed by atoms with Crippen LogP contribution in [0, 0.1) is 5.92 Å². The zero-order valence-corrected chi connectivity index (χ0v) is 10.8. The molecule has 1 fully saturated rings. The van der Waals surface area contributed by atoms with Crippen LogP contribution in [0.15, 0.2) is 6.20 Å². The number of anilines is 1. The quantitative estimate of drug-likeness (QED) is 0.813. The summed E-state index contributed by atoms with van der Waals surface area (Å²) in [5.74, 6) is -0.0854. The number of hydrogen-bond acceptors (Lipinski definition) is 4. The summed E-state index contributed by atoms with van der Waals surface area (Å²) in [5, 5.41) is 12.9. The van der Waals surface area contributed by atoms with Crippen LogP contribution in [-0.2, 0) is 0 Å². The van der Waals surface area contributed by atoms with Crippen LogP contribution in [0.1, 0.15) is 48.7 Å². The largest absolute Gasteiger partial charge is 0.477 e. The van der Waals surface area contributed by atoms with E-state index in [0.29, 0.717) is 10.9 Å². The molecule has 0 radical (unpaired) electrons. The molecule has 1 aromatic heterocycles. The molecule has 1 aromatic rings. The Kier molecular flexibility index (Phi) is 3.99. The average molecular weight is 254 g/mol. The lowest BCUT2D eigenvalue weighted by molar-refractivity contribution is 0.0702. The van der Waals surface area contributed by atoms with Crippen molar-refractivity contribution in [3.63, 3.8) is 0 Å². The number of nitrogens with one attached hydrogen (secondary N) is 1. The van der Waals surface area contributed by atoms with Crippen molar-refractivity contribution in [3.05, 3.63) is 11.1 Å². The fraction of sp³-hybridized carbons (Fsp3) is 0.667. The number of carboxylic acid groups (broad SMARTS) is 1. The summed E-state index contributed by atoms with van der Waals surface area (Å²) in [6.45, 7) is 2.30. The zero-order valence-electron chi connectivity index (χ0n) is 9.98. The van der Waals surface area contributed by atoms with Crippen LogP contribution in [-0.4, -0.2) is 22.1 Å². The standard InChI is InChI=1S/C12H18N2O2S/c1-8-3-2-4-9(6-5-8)14-12-13-7-10(17-12)11(15)16/h7-9H,2-6H2,1H3,(H,13,14)(H,15,16). The van der Waals surface area contributed by atoms with Crippen LogP contribution in [0.2, 0.25) is 0 Å². The fourth-order valence-corrected chi connectivity index (χ4v) is 2.98. The van der Waals surface area contributed by atoms with Crippen molar-refractivity contribution in [1.82, 2.24) is 4.98 Å². The van der Waals surface area contributed by atoms with Crippen LogP contribution in [0.5, 0.6) is 0 Å². The Balaban J connectivity index is 1.93. The van der Waals surface area contributed by atoms with E-state index in [4.69, 9.17) is 5.11 Å². The van der Waals surface area contributed by atoms with Gasteiger partial charge in [0.05, 0.1) is 6.20 Å². The molecule has 1 aliphatic rings. The number of carboxylic acids is 1. The van der Waals surface area contributed by atoms with Crippen molar-refractivity contribution >= 4 is 22.4 Å². The third-order valence-corrected chi connectivity index (χ3v) is 4.22. The van der Waals surface area contributed by atoms with E-state index in [1.54, 1.807) is 0 Å². The van der Waals surface area contributed by atoms with Gasteiger partial charge < -0.3 is 10.4 Å². The highest BCUT2D eigenvalue weighted by atomic mass is 32.1. The maximum absolute atomic E-state index is 10.7. The molecule has 4 nitrogen and oxygen atoms in total. The number of aromatic carboxylic acids is 1. The summed E-state index contributed by atoms with van der Waals surface area (Å²) < 4.78 is 0. The molecule has 2 atom stereocenters. The molecule has 0 bridgehead atoms. The van der Waals surface area contributed by atoms with Gasteiger partial charge in [0.25, 0.3) is 0 Å². The maximum atomic E-state index is 10.7. The lowest BCUT2D eigenvalue weighted by Crippen LogP contribution is -2.18. The van der Waals surface area contributed by atoms with Crippen LogP contribution >= 0.6 is 11.3 Å². The van der Waals surface area contributed by atoms with Crippen LogP contribution in [0.4, 0.5) is 5.13 Å². The Morgan fingerprint density at radius 1 is 1.47 bits per heavy atom. The van der Waals surface area contributed by atoms with E-state index in [2.05, 4.69) is 17.2 Å². The topological polar surface area (TPSA) is 62.2 Å². The normalized spacial score (nSPS) is 25.2. The van der Waals surface area contributed by atoms with Gasteiger partial charge in [-0.15, -0.1) is 0 Å². The molecule has 1 heterocycles. The highest BCUT2D eigenvalue weighted by Gasteiger charge is 2.17. The fourth-order valence-electron chi connectivity index (χ4n) is 2.25. The minimum atomic E-state index is -0.898. The molecule has 17 heavy (non-hydrogen) atoms. The first-order valence-electron chi connectivity index (χ1n) is 6.11. The maximum Gasteiger partial charge on any atom is 0.347 e. The predicted molar refractivity (Wildman–Crippen MR) is 68.7 cm³/mol. The van der Waals surface area contributed by atoms with Gasteiger partial charge in [-0.2, -0.15) is 0 Å². The molecule has 1 saturated carbocycles. The Hall–Kier alpha value is -1.10. The Morgan fingerprint density at radius 3 is 3.00 bits per heavy atom. The summed E-state index contributed by atoms with van der Waals surface area (Å²) >= 11 is 1.22. The molecule has 94 valence electrons. The monoisotopic (exact) mass is 254 g/mol. The molecule has 1 aliphatic carbocycles. The molecule has 5 heteroatoms. The second-order valence-corrected chi connectivity index (χ2v) is 5.82. The first-order valence-corrected chi connectivity index (χ1v) is 6.92. The van der Waals surface area contributed by atoms with Gasteiger partial charge in [-0.1, -0.05) is 31.1 Å². The van der Waals surface area contributed by atoms with Gasteiger partial charge >= 0.3 is 5.97 Å². The second-order valence-electron chi connectivity index (χ2n) is 4.79. The van der Waals surface area contributed by atoms with E-state index in [-0.39, 0.29) is 0 Å². The van der Waals surface area contributed by atoms with Gasteiger partial charge in [0.2, 0.25) is 0 Å². The molecule has 2 unspecified atom stereocenters. The third-order valence-electron chi connectivity index (χ3n) is 3.30. The van der Waals surface area contributed by atoms with Gasteiger partial charge in [-0.3, -0.25) is 0 Å². The van der Waals surface area contributed by atoms with E-state index in [9.17, 15) is 4.79 Å². The van der Waals surface area contributed by atoms with Gasteiger partial charge in [-0.25, -0.2) is 9.78 Å². The summed E-state index contributed by atoms with van der Waals surface area (Å²) in [7, 11) is 0. The summed E-state index contributed by atoms with van der Waals surface area (Å²) in [6.07, 6.45) is 7.53. The van der Waals surface area contributed by atoms with Crippen LogP contribution < -0.4 is 5.32 Å². The summed E-state index contributed by atoms with van der Waals surface area (Å²) in [5.41, 5.74) is 0. The van der Waals surface area contributed by atoms with E-state index in [1.165, 1.54) is 36.8 Å². The minimum absolute atomic E-state index is 0.300. The van der Waals surface area contributed by atoms with Crippen molar-refractivity contribution in [2.75, 3.05) is 5.32 Å². The summed E-state index contributed by atoms with van der Waals surface area (Å²) in [4.78, 5) is 15.2. The Labute approximate surface area is 105 Å². The van der Waals surface area contributed by atoms with Gasteiger partial charge in [0, 0.05) is 6.04 Å². The second kappa shape index (κ2) is 5.49. The molecular formula is C12H18N2O2S. The molecule has 0 saturated heterocycles. The van der Waals surface area contributed by atoms with E-state index >= 15 is 0 Å². The molecule has 0 aliphatic heterocycles. The van der Waals surface area contributed by atoms with E-state index in [0.717, 1.165) is 23.9 Å². The molecule has 2 N–H and O–H groups in total. The number of carbonyl (C=O) groups is 1. The van der Waals surface area contributed by atoms with Gasteiger partial charge in [-0.05, 0) is 25.2 Å². The number of hydrogen-bond donors (Lipinski definition) is 2. The molecular weight excluding hydrogens is 236 g/mol. The Bertz CT molecular complexity index is 392. The predicted octanol–water partition coefficient (Wildman–Crippen LogP) is 3.22. The number of aromatic nitrogens is 1. The molecule has 0 spiro atoms. The third kappa shape index (κ3) is 3.43. The van der Waals surface area contributed by atoms with Crippen molar-refractivity contribution in [3.8, 4) is 0 Å². The average Bonchev–Trinajstić information content (AvgIpc) is 2.65. The van der Waals surface area contributed by atoms with Crippen LogP contribution in [0.25, 0.3) is 0 Å². The van der Waals surface area contributed by atoms with E-state index < -0.39 is 5.97 Å². The molecule has 0 aromatic carbocycles. The highest BCUT2D eigenvalue weighted by molar-refractivity contribution is 7.17. The highest BCUT2D eigenvalue weighted by Crippen LogP contribution is 2.26. The van der Waals surface area contributed by atoms with E-state index in [1.807, 2.05) is 0 Å².